The molecular formula is C18H19N3O3. The van der Waals surface area contributed by atoms with Gasteiger partial charge in [0.1, 0.15) is 0 Å². The van der Waals surface area contributed by atoms with Crippen LogP contribution in [0, 0.1) is 5.92 Å². The summed E-state index contributed by atoms with van der Waals surface area (Å²) in [7, 11) is 0. The van der Waals surface area contributed by atoms with Crippen molar-refractivity contribution in [3.63, 3.8) is 0 Å². The van der Waals surface area contributed by atoms with E-state index in [1.165, 1.54) is 0 Å². The molecule has 2 aromatic rings. The van der Waals surface area contributed by atoms with Gasteiger partial charge in [0.05, 0.1) is 25.2 Å². The van der Waals surface area contributed by atoms with E-state index in [0.29, 0.717) is 6.61 Å². The topological polar surface area (TPSA) is 95.3 Å². The lowest BCUT2D eigenvalue weighted by Crippen LogP contribution is -2.32. The maximum atomic E-state index is 12.0. The number of benzene rings is 2. The fourth-order valence-corrected chi connectivity index (χ4v) is 2.36. The lowest BCUT2D eigenvalue weighted by molar-refractivity contribution is -0.127. The zero-order valence-corrected chi connectivity index (χ0v) is 13.2. The molecule has 124 valence electrons. The second kappa shape index (κ2) is 9.47. The molecule has 2 rings (SSSR count). The van der Waals surface area contributed by atoms with Gasteiger partial charge in [-0.15, -0.1) is 0 Å². The highest BCUT2D eigenvalue weighted by Crippen LogP contribution is 2.16. The largest absolute Gasteiger partial charge is 0.390 e. The minimum atomic E-state index is -1.05. The van der Waals surface area contributed by atoms with Crippen LogP contribution in [0.25, 0.3) is 10.4 Å². The Morgan fingerprint density at radius 2 is 1.67 bits per heavy atom. The van der Waals surface area contributed by atoms with E-state index in [2.05, 4.69) is 10.0 Å². The van der Waals surface area contributed by atoms with Gasteiger partial charge in [0.2, 0.25) is 5.91 Å². The van der Waals surface area contributed by atoms with Crippen LogP contribution < -0.4 is 0 Å². The Labute approximate surface area is 140 Å². The van der Waals surface area contributed by atoms with Gasteiger partial charge in [-0.05, 0) is 28.2 Å². The molecule has 0 aliphatic heterocycles. The first-order valence-corrected chi connectivity index (χ1v) is 7.63. The highest BCUT2D eigenvalue weighted by molar-refractivity contribution is 5.80. The number of hydrogen-bond donors (Lipinski definition) is 1. The van der Waals surface area contributed by atoms with Crippen molar-refractivity contribution in [2.75, 3.05) is 6.61 Å². The van der Waals surface area contributed by atoms with E-state index in [4.69, 9.17) is 10.3 Å². The molecule has 0 saturated heterocycles. The van der Waals surface area contributed by atoms with Gasteiger partial charge in [0.15, 0.2) is 0 Å². The number of carbonyl (C=O) groups excluding carboxylic acids is 1. The molecular weight excluding hydrogens is 306 g/mol. The van der Waals surface area contributed by atoms with Gasteiger partial charge in [-0.25, -0.2) is 0 Å². The van der Waals surface area contributed by atoms with Crippen LogP contribution in [0.15, 0.2) is 65.8 Å². The highest BCUT2D eigenvalue weighted by Gasteiger charge is 2.26. The summed E-state index contributed by atoms with van der Waals surface area (Å²) < 4.78 is 5.49. The molecule has 0 saturated carbocycles. The van der Waals surface area contributed by atoms with E-state index in [1.807, 2.05) is 60.7 Å². The summed E-state index contributed by atoms with van der Waals surface area (Å²) in [5.41, 5.74) is 10.3. The summed E-state index contributed by atoms with van der Waals surface area (Å²) in [4.78, 5) is 14.5. The van der Waals surface area contributed by atoms with Gasteiger partial charge in [-0.2, -0.15) is 0 Å². The van der Waals surface area contributed by atoms with Crippen LogP contribution in [0.5, 0.6) is 0 Å². The summed E-state index contributed by atoms with van der Waals surface area (Å²) in [6.45, 7) is 0.324. The molecule has 0 bridgehead atoms. The fourth-order valence-electron chi connectivity index (χ4n) is 2.36. The van der Waals surface area contributed by atoms with Crippen LogP contribution >= 0.6 is 0 Å². The van der Waals surface area contributed by atoms with Gasteiger partial charge in [0, 0.05) is 4.91 Å². The number of nitrogens with zero attached hydrogens (tertiary/aromatic N) is 3. The standard InChI is InChI=1S/C18H19N3O3/c19-21-20-18(23)16(11-14-7-3-1-4-8-14)17(22)13-24-12-15-9-5-2-6-10-15/h1-10,16-17,22H,11-13H2/t16-,17+/m0/s1. The lowest BCUT2D eigenvalue weighted by Gasteiger charge is -2.20. The van der Waals surface area contributed by atoms with E-state index in [-0.39, 0.29) is 13.0 Å². The quantitative estimate of drug-likeness (QED) is 0.458. The molecule has 0 aliphatic rings. The van der Waals surface area contributed by atoms with Crippen LogP contribution in [0.2, 0.25) is 0 Å². The molecule has 1 amide bonds. The number of aliphatic hydroxyl groups excluding tert-OH is 1. The van der Waals surface area contributed by atoms with Crippen LogP contribution in [-0.2, 0) is 22.6 Å². The average Bonchev–Trinajstić information content (AvgIpc) is 2.61. The third-order valence-corrected chi connectivity index (χ3v) is 3.62. The summed E-state index contributed by atoms with van der Waals surface area (Å²) in [5, 5.41) is 13.5. The Hall–Kier alpha value is -2.66. The van der Waals surface area contributed by atoms with Gasteiger partial charge in [-0.1, -0.05) is 60.7 Å². The number of amides is 1. The Morgan fingerprint density at radius 3 is 2.25 bits per heavy atom. The molecule has 0 aliphatic carbocycles. The minimum Gasteiger partial charge on any atom is -0.390 e. The highest BCUT2D eigenvalue weighted by atomic mass is 16.5. The number of ether oxygens (including phenoxy) is 1. The SMILES string of the molecule is [N-]=[N+]=NC(=O)[C@@H](Cc1ccccc1)[C@H](O)COCc1ccccc1. The number of carbonyl (C=O) groups is 1. The molecule has 0 heterocycles. The first-order chi connectivity index (χ1) is 11.7. The van der Waals surface area contributed by atoms with Crippen molar-refractivity contribution in [1.82, 2.24) is 0 Å². The van der Waals surface area contributed by atoms with Crippen molar-refractivity contribution >= 4 is 5.91 Å². The van der Waals surface area contributed by atoms with Gasteiger partial charge in [-0.3, -0.25) is 4.79 Å². The normalized spacial score (nSPS) is 12.9. The third-order valence-electron chi connectivity index (χ3n) is 3.62. The van der Waals surface area contributed by atoms with E-state index >= 15 is 0 Å². The van der Waals surface area contributed by atoms with Crippen molar-refractivity contribution in [2.45, 2.75) is 19.1 Å². The van der Waals surface area contributed by atoms with E-state index in [9.17, 15) is 9.90 Å². The molecule has 0 aromatic heterocycles. The van der Waals surface area contributed by atoms with E-state index in [1.54, 1.807) is 0 Å². The minimum absolute atomic E-state index is 0.0148. The van der Waals surface area contributed by atoms with Gasteiger partial charge >= 0.3 is 0 Å². The van der Waals surface area contributed by atoms with Crippen molar-refractivity contribution in [3.05, 3.63) is 82.2 Å². The maximum absolute atomic E-state index is 12.0. The maximum Gasteiger partial charge on any atom is 0.225 e. The van der Waals surface area contributed by atoms with Gasteiger partial charge in [0.25, 0.3) is 0 Å². The fraction of sp³-hybridized carbons (Fsp3) is 0.278. The van der Waals surface area contributed by atoms with Gasteiger partial charge < -0.3 is 9.84 Å². The third kappa shape index (κ3) is 5.52. The van der Waals surface area contributed by atoms with Crippen LogP contribution in [0.1, 0.15) is 11.1 Å². The summed E-state index contributed by atoms with van der Waals surface area (Å²) in [6, 6.07) is 18.8. The summed E-state index contributed by atoms with van der Waals surface area (Å²) in [5.74, 6) is -1.52. The number of azide groups is 1. The summed E-state index contributed by atoms with van der Waals surface area (Å²) >= 11 is 0. The molecule has 24 heavy (non-hydrogen) atoms. The molecule has 6 heteroatoms. The van der Waals surface area contributed by atoms with Crippen molar-refractivity contribution in [3.8, 4) is 0 Å². The molecule has 2 aromatic carbocycles. The molecule has 1 N–H and O–H groups in total. The Bertz CT molecular complexity index is 685. The van der Waals surface area contributed by atoms with Crippen LogP contribution in [0.4, 0.5) is 0 Å². The van der Waals surface area contributed by atoms with Crippen molar-refractivity contribution in [2.24, 2.45) is 11.0 Å². The molecule has 0 radical (unpaired) electrons. The Balaban J connectivity index is 1.97. The van der Waals surface area contributed by atoms with E-state index < -0.39 is 17.9 Å². The predicted octanol–water partition coefficient (Wildman–Crippen LogP) is 3.26. The van der Waals surface area contributed by atoms with Crippen molar-refractivity contribution in [1.29, 1.82) is 0 Å². The Kier molecular flexibility index (Phi) is 6.98. The smallest absolute Gasteiger partial charge is 0.225 e. The van der Waals surface area contributed by atoms with Crippen LogP contribution in [-0.4, -0.2) is 23.7 Å². The lowest BCUT2D eigenvalue weighted by atomic mass is 9.93. The number of aliphatic hydroxyl groups is 1. The second-order valence-corrected chi connectivity index (χ2v) is 5.39. The predicted molar refractivity (Wildman–Crippen MR) is 89.9 cm³/mol. The summed E-state index contributed by atoms with van der Waals surface area (Å²) in [6.07, 6.45) is -0.763. The average molecular weight is 325 g/mol. The first-order valence-electron chi connectivity index (χ1n) is 7.63. The molecule has 0 unspecified atom stereocenters. The monoisotopic (exact) mass is 325 g/mol. The zero-order valence-electron chi connectivity index (χ0n) is 13.2. The molecule has 0 fully saturated rings. The van der Waals surface area contributed by atoms with Crippen molar-refractivity contribution < 1.29 is 14.6 Å². The second-order valence-electron chi connectivity index (χ2n) is 5.39. The zero-order chi connectivity index (χ0) is 17.2. The van der Waals surface area contributed by atoms with E-state index in [0.717, 1.165) is 11.1 Å². The number of hydrogen-bond acceptors (Lipinski definition) is 3. The number of rotatable bonds is 8. The molecule has 2 atom stereocenters. The Morgan fingerprint density at radius 1 is 1.08 bits per heavy atom. The molecule has 0 spiro atoms. The van der Waals surface area contributed by atoms with Crippen LogP contribution in [0.3, 0.4) is 0 Å². The first kappa shape index (κ1) is 17.7. The molecule has 6 nitrogen and oxygen atoms in total.